The number of ether oxygens (including phenoxy) is 1. The van der Waals surface area contributed by atoms with Crippen molar-refractivity contribution in [1.29, 1.82) is 0 Å². The number of hydrazone groups is 1. The van der Waals surface area contributed by atoms with Crippen LogP contribution in [-0.2, 0) is 9.53 Å². The Balaban J connectivity index is 2.75. The Morgan fingerprint density at radius 2 is 2.33 bits per heavy atom. The lowest BCUT2D eigenvalue weighted by molar-refractivity contribution is -0.146. The van der Waals surface area contributed by atoms with Crippen LogP contribution in [0.5, 0.6) is 0 Å². The summed E-state index contributed by atoms with van der Waals surface area (Å²) in [5.41, 5.74) is -0.562. The van der Waals surface area contributed by atoms with Gasteiger partial charge in [-0.1, -0.05) is 13.8 Å². The van der Waals surface area contributed by atoms with Crippen molar-refractivity contribution in [3.8, 4) is 0 Å². The van der Waals surface area contributed by atoms with Crippen LogP contribution in [0.15, 0.2) is 5.10 Å². The van der Waals surface area contributed by atoms with E-state index in [2.05, 4.69) is 5.10 Å². The van der Waals surface area contributed by atoms with Gasteiger partial charge in [0.15, 0.2) is 6.40 Å². The van der Waals surface area contributed by atoms with Gasteiger partial charge in [-0.15, -0.1) is 5.10 Å². The van der Waals surface area contributed by atoms with Crippen molar-refractivity contribution in [2.24, 2.45) is 5.10 Å². The zero-order chi connectivity index (χ0) is 9.19. The first kappa shape index (κ1) is 9.03. The van der Waals surface area contributed by atoms with E-state index in [9.17, 15) is 4.79 Å². The van der Waals surface area contributed by atoms with E-state index >= 15 is 0 Å². The second kappa shape index (κ2) is 3.13. The first-order chi connectivity index (χ1) is 5.64. The van der Waals surface area contributed by atoms with Gasteiger partial charge in [-0.05, 0) is 6.92 Å². The minimum Gasteiger partial charge on any atom is -0.454 e. The molecule has 12 heavy (non-hydrogen) atoms. The highest BCUT2D eigenvalue weighted by molar-refractivity contribution is 5.78. The quantitative estimate of drug-likeness (QED) is 0.627. The molecule has 4 nitrogen and oxygen atoms in total. The van der Waals surface area contributed by atoms with E-state index < -0.39 is 5.72 Å². The highest BCUT2D eigenvalue weighted by Crippen LogP contribution is 2.25. The second-order valence-corrected chi connectivity index (χ2v) is 2.93. The first-order valence-electron chi connectivity index (χ1n) is 4.17. The minimum atomic E-state index is -0.562. The van der Waals surface area contributed by atoms with Gasteiger partial charge in [-0.25, -0.2) is 0 Å². The second-order valence-electron chi connectivity index (χ2n) is 2.93. The molecule has 1 aliphatic rings. The number of nitrogens with zero attached hydrogens (tertiary/aromatic N) is 2. The normalized spacial score (nSPS) is 27.4. The van der Waals surface area contributed by atoms with Crippen LogP contribution in [0.1, 0.15) is 33.6 Å². The maximum Gasteiger partial charge on any atom is 0.246 e. The van der Waals surface area contributed by atoms with Gasteiger partial charge in [0.1, 0.15) is 0 Å². The third kappa shape index (κ3) is 1.29. The minimum absolute atomic E-state index is 0.00639. The molecule has 0 aromatic heterocycles. The van der Waals surface area contributed by atoms with Crippen LogP contribution in [0.3, 0.4) is 0 Å². The molecule has 0 saturated heterocycles. The van der Waals surface area contributed by atoms with Crippen LogP contribution in [-0.4, -0.2) is 23.0 Å². The average Bonchev–Trinajstić information content (AvgIpc) is 2.47. The summed E-state index contributed by atoms with van der Waals surface area (Å²) in [6.07, 6.45) is 2.52. The lowest BCUT2D eigenvalue weighted by atomic mass is 10.2. The number of hydrogen-bond acceptors (Lipinski definition) is 3. The molecule has 4 heteroatoms. The molecule has 0 fully saturated rings. The zero-order valence-electron chi connectivity index (χ0n) is 7.70. The summed E-state index contributed by atoms with van der Waals surface area (Å²) in [7, 11) is 0. The fourth-order valence-electron chi connectivity index (χ4n) is 1.07. The Bertz CT molecular complexity index is 215. The van der Waals surface area contributed by atoms with Crippen molar-refractivity contribution < 1.29 is 9.53 Å². The average molecular weight is 170 g/mol. The summed E-state index contributed by atoms with van der Waals surface area (Å²) < 4.78 is 5.24. The van der Waals surface area contributed by atoms with Crippen molar-refractivity contribution in [2.45, 2.75) is 39.3 Å². The lowest BCUT2D eigenvalue weighted by Crippen LogP contribution is -2.43. The van der Waals surface area contributed by atoms with E-state index in [1.54, 1.807) is 0 Å². The maximum absolute atomic E-state index is 11.3. The number of carbonyl (C=O) groups excluding carboxylic acids is 1. The molecule has 1 atom stereocenters. The van der Waals surface area contributed by atoms with E-state index in [0.717, 1.165) is 6.42 Å². The molecule has 0 N–H and O–H groups in total. The van der Waals surface area contributed by atoms with Crippen molar-refractivity contribution >= 4 is 12.3 Å². The van der Waals surface area contributed by atoms with Gasteiger partial charge in [0, 0.05) is 12.8 Å². The predicted octanol–water partition coefficient (Wildman–Crippen LogP) is 1.32. The van der Waals surface area contributed by atoms with Gasteiger partial charge in [0.2, 0.25) is 11.6 Å². The number of carbonyl (C=O) groups is 1. The molecule has 0 spiro atoms. The van der Waals surface area contributed by atoms with Gasteiger partial charge < -0.3 is 4.74 Å². The molecule has 1 aliphatic heterocycles. The standard InChI is InChI=1S/C8H14N2O2/c1-4-7(11)10-8(3,5-2)12-6-9-10/h6H,4-5H2,1-3H3. The molecule has 1 rings (SSSR count). The summed E-state index contributed by atoms with van der Waals surface area (Å²) in [5.74, 6) is -0.00639. The summed E-state index contributed by atoms with van der Waals surface area (Å²) >= 11 is 0. The van der Waals surface area contributed by atoms with Gasteiger partial charge >= 0.3 is 0 Å². The molecule has 0 bridgehead atoms. The highest BCUT2D eigenvalue weighted by atomic mass is 16.5. The Morgan fingerprint density at radius 3 is 2.83 bits per heavy atom. The predicted molar refractivity (Wildman–Crippen MR) is 45.4 cm³/mol. The van der Waals surface area contributed by atoms with E-state index in [-0.39, 0.29) is 5.91 Å². The van der Waals surface area contributed by atoms with E-state index in [1.807, 2.05) is 20.8 Å². The molecular weight excluding hydrogens is 156 g/mol. The summed E-state index contributed by atoms with van der Waals surface area (Å²) in [4.78, 5) is 11.3. The van der Waals surface area contributed by atoms with E-state index in [4.69, 9.17) is 4.74 Å². The van der Waals surface area contributed by atoms with Crippen LogP contribution in [0.2, 0.25) is 0 Å². The maximum atomic E-state index is 11.3. The van der Waals surface area contributed by atoms with Gasteiger partial charge in [0.05, 0.1) is 0 Å². The summed E-state index contributed by atoms with van der Waals surface area (Å²) in [5, 5.41) is 5.28. The fourth-order valence-corrected chi connectivity index (χ4v) is 1.07. The molecule has 0 aromatic carbocycles. The SMILES string of the molecule is CCC(=O)N1N=COC1(C)CC. The zero-order valence-corrected chi connectivity index (χ0v) is 7.70. The first-order valence-corrected chi connectivity index (χ1v) is 4.17. The highest BCUT2D eigenvalue weighted by Gasteiger charge is 2.38. The molecule has 1 unspecified atom stereocenters. The monoisotopic (exact) mass is 170 g/mol. The van der Waals surface area contributed by atoms with Crippen molar-refractivity contribution in [3.63, 3.8) is 0 Å². The summed E-state index contributed by atoms with van der Waals surface area (Å²) in [6, 6.07) is 0. The molecular formula is C8H14N2O2. The number of hydrogen-bond donors (Lipinski definition) is 0. The Hall–Kier alpha value is -1.06. The van der Waals surface area contributed by atoms with Crippen molar-refractivity contribution in [2.75, 3.05) is 0 Å². The Labute approximate surface area is 72.2 Å². The third-order valence-electron chi connectivity index (χ3n) is 2.11. The van der Waals surface area contributed by atoms with Gasteiger partial charge in [-0.2, -0.15) is 5.01 Å². The number of amides is 1. The van der Waals surface area contributed by atoms with Gasteiger partial charge in [-0.3, -0.25) is 4.79 Å². The topological polar surface area (TPSA) is 41.9 Å². The van der Waals surface area contributed by atoms with Crippen LogP contribution in [0.25, 0.3) is 0 Å². The Kier molecular flexibility index (Phi) is 2.35. The summed E-state index contributed by atoms with van der Waals surface area (Å²) in [6.45, 7) is 5.63. The smallest absolute Gasteiger partial charge is 0.246 e. The van der Waals surface area contributed by atoms with Crippen LogP contribution >= 0.6 is 0 Å². The van der Waals surface area contributed by atoms with Crippen LogP contribution in [0.4, 0.5) is 0 Å². The van der Waals surface area contributed by atoms with E-state index in [1.165, 1.54) is 11.4 Å². The molecule has 0 aliphatic carbocycles. The molecule has 1 heterocycles. The molecule has 0 saturated carbocycles. The van der Waals surface area contributed by atoms with Gasteiger partial charge in [0.25, 0.3) is 0 Å². The molecule has 68 valence electrons. The largest absolute Gasteiger partial charge is 0.454 e. The molecule has 0 aromatic rings. The molecule has 1 amide bonds. The Morgan fingerprint density at radius 1 is 1.67 bits per heavy atom. The van der Waals surface area contributed by atoms with Crippen LogP contribution < -0.4 is 0 Å². The lowest BCUT2D eigenvalue weighted by Gasteiger charge is -2.29. The number of rotatable bonds is 2. The van der Waals surface area contributed by atoms with Crippen molar-refractivity contribution in [3.05, 3.63) is 0 Å². The van der Waals surface area contributed by atoms with E-state index in [0.29, 0.717) is 6.42 Å². The fraction of sp³-hybridized carbons (Fsp3) is 0.750. The molecule has 0 radical (unpaired) electrons. The third-order valence-corrected chi connectivity index (χ3v) is 2.11. The van der Waals surface area contributed by atoms with Crippen LogP contribution in [0, 0.1) is 0 Å². The van der Waals surface area contributed by atoms with Crippen molar-refractivity contribution in [1.82, 2.24) is 5.01 Å².